The fraction of sp³-hybridized carbons (Fsp3) is 0.714. The van der Waals surface area contributed by atoms with Gasteiger partial charge in [-0.25, -0.2) is 8.78 Å². The molecule has 20 heavy (non-hydrogen) atoms. The maximum Gasteiger partial charge on any atom is 0.254 e. The van der Waals surface area contributed by atoms with Crippen LogP contribution < -0.4 is 5.32 Å². The maximum atomic E-state index is 13.1. The van der Waals surface area contributed by atoms with Crippen molar-refractivity contribution in [3.05, 3.63) is 11.8 Å². The molecule has 110 valence electrons. The molecule has 3 rings (SSSR count). The molecule has 1 heterocycles. The van der Waals surface area contributed by atoms with Gasteiger partial charge in [0.05, 0.1) is 6.20 Å². The summed E-state index contributed by atoms with van der Waals surface area (Å²) in [4.78, 5) is 12.1. The van der Waals surface area contributed by atoms with Gasteiger partial charge in [0.25, 0.3) is 5.92 Å². The molecule has 1 unspecified atom stereocenters. The molecule has 1 amide bonds. The molecule has 0 saturated heterocycles. The number of carbonyl (C=O) groups is 1. The minimum absolute atomic E-state index is 0.165. The van der Waals surface area contributed by atoms with E-state index in [1.807, 2.05) is 0 Å². The third-order valence-corrected chi connectivity index (χ3v) is 4.41. The molecule has 2 saturated carbocycles. The third kappa shape index (κ3) is 2.21. The van der Waals surface area contributed by atoms with E-state index in [9.17, 15) is 13.6 Å². The highest BCUT2D eigenvalue weighted by molar-refractivity contribution is 5.92. The van der Waals surface area contributed by atoms with Crippen LogP contribution in [0.25, 0.3) is 0 Å². The highest BCUT2D eigenvalue weighted by atomic mass is 19.3. The van der Waals surface area contributed by atoms with E-state index in [0.29, 0.717) is 24.6 Å². The highest BCUT2D eigenvalue weighted by Gasteiger charge is 2.72. The third-order valence-electron chi connectivity index (χ3n) is 4.41. The van der Waals surface area contributed by atoms with Crippen molar-refractivity contribution in [2.45, 2.75) is 39.0 Å². The summed E-state index contributed by atoms with van der Waals surface area (Å²) >= 11 is 0. The van der Waals surface area contributed by atoms with E-state index in [0.717, 1.165) is 12.0 Å². The van der Waals surface area contributed by atoms with Gasteiger partial charge in [-0.3, -0.25) is 9.89 Å². The molecule has 0 radical (unpaired) electrons. The van der Waals surface area contributed by atoms with Crippen LogP contribution in [0.2, 0.25) is 0 Å². The van der Waals surface area contributed by atoms with E-state index >= 15 is 0 Å². The second kappa shape index (κ2) is 4.53. The standard InChI is InChI=1S/C14H19F2N3O/c1-7(2)3-9-6-17-19-12(9)18-13(20)8-4-10-11(5-8)14(10,15)16/h6-8,10-11H,3-5H2,1-2H3,(H2,17,18,19,20)/t8?,10-,11+. The van der Waals surface area contributed by atoms with Crippen LogP contribution in [0.4, 0.5) is 14.6 Å². The summed E-state index contributed by atoms with van der Waals surface area (Å²) in [7, 11) is 0. The van der Waals surface area contributed by atoms with E-state index < -0.39 is 17.8 Å². The smallest absolute Gasteiger partial charge is 0.254 e. The number of halogens is 2. The summed E-state index contributed by atoms with van der Waals surface area (Å²) in [5.74, 6) is -3.06. The lowest BCUT2D eigenvalue weighted by atomic mass is 10.0. The highest BCUT2D eigenvalue weighted by Crippen LogP contribution is 2.65. The molecule has 2 N–H and O–H groups in total. The SMILES string of the molecule is CC(C)Cc1cn[nH]c1NC(=O)C1C[C@@H]2[C@H](C1)C2(F)F. The zero-order chi connectivity index (χ0) is 14.5. The molecule has 2 aliphatic rings. The number of anilines is 1. The number of aromatic amines is 1. The number of nitrogens with zero attached hydrogens (tertiary/aromatic N) is 1. The number of carbonyl (C=O) groups excluding carboxylic acids is 1. The lowest BCUT2D eigenvalue weighted by molar-refractivity contribution is -0.120. The van der Waals surface area contributed by atoms with Crippen LogP contribution in [-0.4, -0.2) is 22.0 Å². The molecule has 3 atom stereocenters. The van der Waals surface area contributed by atoms with Crippen LogP contribution >= 0.6 is 0 Å². The first-order valence-corrected chi connectivity index (χ1v) is 7.10. The first-order valence-electron chi connectivity index (χ1n) is 7.10. The molecule has 2 aliphatic carbocycles. The molecule has 2 fully saturated rings. The van der Waals surface area contributed by atoms with E-state index in [1.54, 1.807) is 6.20 Å². The summed E-state index contributed by atoms with van der Waals surface area (Å²) in [6.07, 6.45) is 3.13. The van der Waals surface area contributed by atoms with Gasteiger partial charge in [-0.05, 0) is 25.2 Å². The van der Waals surface area contributed by atoms with Crippen molar-refractivity contribution >= 4 is 11.7 Å². The topological polar surface area (TPSA) is 57.8 Å². The Kier molecular flexibility index (Phi) is 3.06. The van der Waals surface area contributed by atoms with Crippen LogP contribution in [0.15, 0.2) is 6.20 Å². The lowest BCUT2D eigenvalue weighted by Crippen LogP contribution is -2.24. The number of nitrogens with one attached hydrogen (secondary N) is 2. The number of aromatic nitrogens is 2. The quantitative estimate of drug-likeness (QED) is 0.892. The van der Waals surface area contributed by atoms with Gasteiger partial charge in [0.15, 0.2) is 0 Å². The van der Waals surface area contributed by atoms with Crippen LogP contribution in [0.5, 0.6) is 0 Å². The Morgan fingerprint density at radius 3 is 2.75 bits per heavy atom. The van der Waals surface area contributed by atoms with Gasteiger partial charge in [-0.15, -0.1) is 0 Å². The Morgan fingerprint density at radius 1 is 1.50 bits per heavy atom. The number of rotatable bonds is 4. The second-order valence-electron chi connectivity index (χ2n) is 6.41. The van der Waals surface area contributed by atoms with Crippen molar-refractivity contribution in [3.63, 3.8) is 0 Å². The first-order chi connectivity index (χ1) is 9.39. The monoisotopic (exact) mass is 283 g/mol. The number of hydrogen-bond donors (Lipinski definition) is 2. The predicted octanol–water partition coefficient (Wildman–Crippen LogP) is 2.84. The van der Waals surface area contributed by atoms with Crippen molar-refractivity contribution in [1.82, 2.24) is 10.2 Å². The van der Waals surface area contributed by atoms with E-state index in [1.165, 1.54) is 0 Å². The number of amides is 1. The average molecular weight is 283 g/mol. The van der Waals surface area contributed by atoms with Crippen LogP contribution in [0, 0.1) is 23.7 Å². The lowest BCUT2D eigenvalue weighted by Gasteiger charge is -2.14. The molecular weight excluding hydrogens is 264 g/mol. The van der Waals surface area contributed by atoms with Crippen molar-refractivity contribution in [1.29, 1.82) is 0 Å². The minimum atomic E-state index is -2.52. The number of H-pyrrole nitrogens is 1. The van der Waals surface area contributed by atoms with Gasteiger partial charge in [0, 0.05) is 23.3 Å². The van der Waals surface area contributed by atoms with Crippen molar-refractivity contribution in [2.75, 3.05) is 5.32 Å². The fourth-order valence-electron chi connectivity index (χ4n) is 3.27. The number of hydrogen-bond acceptors (Lipinski definition) is 2. The summed E-state index contributed by atoms with van der Waals surface area (Å²) in [6, 6.07) is 0. The summed E-state index contributed by atoms with van der Waals surface area (Å²) < 4.78 is 26.2. The van der Waals surface area contributed by atoms with Crippen LogP contribution in [0.1, 0.15) is 32.3 Å². The van der Waals surface area contributed by atoms with Crippen LogP contribution in [-0.2, 0) is 11.2 Å². The molecule has 0 spiro atoms. The molecule has 0 aliphatic heterocycles. The zero-order valence-corrected chi connectivity index (χ0v) is 11.6. The van der Waals surface area contributed by atoms with Crippen molar-refractivity contribution in [2.24, 2.45) is 23.7 Å². The summed E-state index contributed by atoms with van der Waals surface area (Å²) in [5.41, 5.74) is 0.960. The number of fused-ring (bicyclic) bond motifs is 1. The Balaban J connectivity index is 1.59. The Morgan fingerprint density at radius 2 is 2.15 bits per heavy atom. The first kappa shape index (κ1) is 13.5. The molecule has 1 aromatic heterocycles. The van der Waals surface area contributed by atoms with E-state index in [4.69, 9.17) is 0 Å². The van der Waals surface area contributed by atoms with Gasteiger partial charge in [0.1, 0.15) is 5.82 Å². The maximum absolute atomic E-state index is 13.1. The Bertz CT molecular complexity index is 512. The van der Waals surface area contributed by atoms with Gasteiger partial charge >= 0.3 is 0 Å². The Hall–Kier alpha value is -1.46. The fourth-order valence-corrected chi connectivity index (χ4v) is 3.27. The molecule has 0 bridgehead atoms. The Labute approximate surface area is 116 Å². The molecule has 4 nitrogen and oxygen atoms in total. The second-order valence-corrected chi connectivity index (χ2v) is 6.41. The van der Waals surface area contributed by atoms with Crippen molar-refractivity contribution in [3.8, 4) is 0 Å². The van der Waals surface area contributed by atoms with E-state index in [2.05, 4.69) is 29.4 Å². The van der Waals surface area contributed by atoms with Gasteiger partial charge in [-0.1, -0.05) is 13.8 Å². The molecular formula is C14H19F2N3O. The largest absolute Gasteiger partial charge is 0.311 e. The van der Waals surface area contributed by atoms with Crippen LogP contribution in [0.3, 0.4) is 0 Å². The van der Waals surface area contributed by atoms with Gasteiger partial charge < -0.3 is 5.32 Å². The zero-order valence-electron chi connectivity index (χ0n) is 11.6. The molecule has 1 aromatic rings. The summed E-state index contributed by atoms with van der Waals surface area (Å²) in [6.45, 7) is 4.18. The van der Waals surface area contributed by atoms with Gasteiger partial charge in [0.2, 0.25) is 5.91 Å². The van der Waals surface area contributed by atoms with Crippen molar-refractivity contribution < 1.29 is 13.6 Å². The van der Waals surface area contributed by atoms with E-state index in [-0.39, 0.29) is 11.8 Å². The average Bonchev–Trinajstić information content (AvgIpc) is 2.82. The van der Waals surface area contributed by atoms with Gasteiger partial charge in [-0.2, -0.15) is 5.10 Å². The normalized spacial score (nSPS) is 30.4. The predicted molar refractivity (Wildman–Crippen MR) is 70.4 cm³/mol. The molecule has 0 aromatic carbocycles. The minimum Gasteiger partial charge on any atom is -0.311 e. The summed E-state index contributed by atoms with van der Waals surface area (Å²) in [5, 5.41) is 9.52. The number of alkyl halides is 2. The molecule has 6 heteroatoms.